The van der Waals surface area contributed by atoms with Gasteiger partial charge in [0, 0.05) is 13.0 Å². The number of ether oxygens (including phenoxy) is 2. The Balaban J connectivity index is 1.53. The highest BCUT2D eigenvalue weighted by Crippen LogP contribution is 2.35. The number of methoxy groups -OCH3 is 1. The first-order valence-electron chi connectivity index (χ1n) is 9.67. The van der Waals surface area contributed by atoms with Gasteiger partial charge in [-0.2, -0.15) is 0 Å². The minimum Gasteiger partial charge on any atom is -0.382 e. The Kier molecular flexibility index (Phi) is 6.49. The molecule has 4 heteroatoms. The number of hydrogen-bond donors (Lipinski definition) is 1. The number of amides is 1. The fourth-order valence-corrected chi connectivity index (χ4v) is 4.20. The van der Waals surface area contributed by atoms with Gasteiger partial charge in [0.25, 0.3) is 0 Å². The number of carbonyl (C=O) groups is 1. The first-order valence-corrected chi connectivity index (χ1v) is 9.67. The van der Waals surface area contributed by atoms with E-state index < -0.39 is 0 Å². The van der Waals surface area contributed by atoms with Crippen LogP contribution in [-0.2, 0) is 20.7 Å². The lowest BCUT2D eigenvalue weighted by atomic mass is 9.80. The molecule has 0 aromatic heterocycles. The topological polar surface area (TPSA) is 47.6 Å². The van der Waals surface area contributed by atoms with Crippen molar-refractivity contribution in [3.05, 3.63) is 35.4 Å². The van der Waals surface area contributed by atoms with Crippen molar-refractivity contribution in [2.24, 2.45) is 11.8 Å². The second kappa shape index (κ2) is 8.81. The zero-order valence-electron chi connectivity index (χ0n) is 15.5. The molecule has 138 valence electrons. The van der Waals surface area contributed by atoms with Gasteiger partial charge in [-0.05, 0) is 55.6 Å². The minimum absolute atomic E-state index is 0.128. The Morgan fingerprint density at radius 2 is 1.88 bits per heavy atom. The van der Waals surface area contributed by atoms with Crippen molar-refractivity contribution in [3.8, 4) is 0 Å². The summed E-state index contributed by atoms with van der Waals surface area (Å²) in [6, 6.07) is 8.71. The summed E-state index contributed by atoms with van der Waals surface area (Å²) in [5.74, 6) is 0.847. The molecule has 2 atom stereocenters. The number of aryl methyl sites for hydroxylation is 1. The van der Waals surface area contributed by atoms with Crippen molar-refractivity contribution >= 4 is 5.91 Å². The third-order valence-corrected chi connectivity index (χ3v) is 5.81. The second-order valence-electron chi connectivity index (χ2n) is 7.54. The molecular formula is C21H31NO3. The summed E-state index contributed by atoms with van der Waals surface area (Å²) in [7, 11) is 1.69. The number of benzene rings is 1. The van der Waals surface area contributed by atoms with Crippen molar-refractivity contribution < 1.29 is 14.3 Å². The summed E-state index contributed by atoms with van der Waals surface area (Å²) in [5, 5.41) is 3.36. The Morgan fingerprint density at radius 3 is 2.64 bits per heavy atom. The molecule has 0 heterocycles. The third kappa shape index (κ3) is 4.62. The van der Waals surface area contributed by atoms with E-state index in [1.54, 1.807) is 7.11 Å². The predicted octanol–water partition coefficient (Wildman–Crippen LogP) is 3.65. The van der Waals surface area contributed by atoms with Gasteiger partial charge in [0.1, 0.15) is 0 Å². The molecule has 1 aromatic carbocycles. The zero-order chi connectivity index (χ0) is 17.6. The summed E-state index contributed by atoms with van der Waals surface area (Å²) in [6.07, 6.45) is 6.33. The molecule has 0 radical (unpaired) electrons. The van der Waals surface area contributed by atoms with Gasteiger partial charge in [-0.1, -0.05) is 31.2 Å². The third-order valence-electron chi connectivity index (χ3n) is 5.81. The van der Waals surface area contributed by atoms with Gasteiger partial charge in [0.2, 0.25) is 5.91 Å². The first-order chi connectivity index (χ1) is 12.2. The molecule has 2 aliphatic carbocycles. The fourth-order valence-electron chi connectivity index (χ4n) is 4.20. The Morgan fingerprint density at radius 1 is 1.12 bits per heavy atom. The second-order valence-corrected chi connectivity index (χ2v) is 7.54. The smallest absolute Gasteiger partial charge is 0.223 e. The van der Waals surface area contributed by atoms with Crippen molar-refractivity contribution in [1.29, 1.82) is 0 Å². The van der Waals surface area contributed by atoms with E-state index in [-0.39, 0.29) is 24.0 Å². The molecule has 1 amide bonds. The van der Waals surface area contributed by atoms with Crippen molar-refractivity contribution in [3.63, 3.8) is 0 Å². The molecule has 0 spiro atoms. The normalized spacial score (nSPS) is 29.0. The molecule has 25 heavy (non-hydrogen) atoms. The average molecular weight is 345 g/mol. The van der Waals surface area contributed by atoms with E-state index in [9.17, 15) is 4.79 Å². The van der Waals surface area contributed by atoms with Crippen LogP contribution in [0.15, 0.2) is 24.3 Å². The van der Waals surface area contributed by atoms with Crippen LogP contribution in [0.4, 0.5) is 0 Å². The van der Waals surface area contributed by atoms with Gasteiger partial charge in [-0.25, -0.2) is 0 Å². The number of carbonyl (C=O) groups excluding carboxylic acids is 1. The highest BCUT2D eigenvalue weighted by Gasteiger charge is 2.32. The minimum atomic E-state index is 0.128. The van der Waals surface area contributed by atoms with Crippen LogP contribution >= 0.6 is 0 Å². The molecular weight excluding hydrogens is 314 g/mol. The number of rotatable bonds is 6. The van der Waals surface area contributed by atoms with E-state index in [0.717, 1.165) is 38.5 Å². The maximum Gasteiger partial charge on any atom is 0.223 e. The van der Waals surface area contributed by atoms with Crippen LogP contribution in [0.2, 0.25) is 0 Å². The maximum absolute atomic E-state index is 12.8. The van der Waals surface area contributed by atoms with Crippen molar-refractivity contribution in [1.82, 2.24) is 5.32 Å². The van der Waals surface area contributed by atoms with Crippen LogP contribution in [0.1, 0.15) is 56.2 Å². The van der Waals surface area contributed by atoms with Crippen LogP contribution < -0.4 is 5.32 Å². The van der Waals surface area contributed by atoms with Crippen LogP contribution in [0.25, 0.3) is 0 Å². The molecule has 0 bridgehead atoms. The lowest BCUT2D eigenvalue weighted by Crippen LogP contribution is -2.40. The highest BCUT2D eigenvalue weighted by molar-refractivity contribution is 5.79. The van der Waals surface area contributed by atoms with Crippen molar-refractivity contribution in [2.45, 2.75) is 57.6 Å². The van der Waals surface area contributed by atoms with Gasteiger partial charge in [-0.15, -0.1) is 0 Å². The highest BCUT2D eigenvalue weighted by atomic mass is 16.5. The monoisotopic (exact) mass is 345 g/mol. The van der Waals surface area contributed by atoms with Crippen LogP contribution in [0, 0.1) is 11.8 Å². The standard InChI is InChI=1S/C21H31NO3/c1-15-7-8-16-5-3-4-6-19(16)20(15)22-21(23)17-9-11-18(12-10-17)25-14-13-24-2/h3-6,15,17-18,20H,7-14H2,1-2H3,(H,22,23)/t15-,17?,18?,20-/m1/s1. The van der Waals surface area contributed by atoms with E-state index in [1.165, 1.54) is 11.1 Å². The summed E-state index contributed by atoms with van der Waals surface area (Å²) < 4.78 is 10.8. The quantitative estimate of drug-likeness (QED) is 0.801. The van der Waals surface area contributed by atoms with Gasteiger partial charge >= 0.3 is 0 Å². The van der Waals surface area contributed by atoms with E-state index in [0.29, 0.717) is 19.1 Å². The average Bonchev–Trinajstić information content (AvgIpc) is 2.65. The number of fused-ring (bicyclic) bond motifs is 1. The Bertz CT molecular complexity index is 566. The van der Waals surface area contributed by atoms with Crippen LogP contribution in [-0.4, -0.2) is 32.3 Å². The predicted molar refractivity (Wildman–Crippen MR) is 98.4 cm³/mol. The lowest BCUT2D eigenvalue weighted by Gasteiger charge is -2.34. The molecule has 3 rings (SSSR count). The van der Waals surface area contributed by atoms with Gasteiger partial charge in [0.05, 0.1) is 25.4 Å². The summed E-state index contributed by atoms with van der Waals surface area (Å²) in [6.45, 7) is 3.54. The molecule has 1 fully saturated rings. The molecule has 1 N–H and O–H groups in total. The van der Waals surface area contributed by atoms with Gasteiger partial charge in [0.15, 0.2) is 0 Å². The van der Waals surface area contributed by atoms with E-state index in [1.807, 2.05) is 0 Å². The molecule has 1 saturated carbocycles. The van der Waals surface area contributed by atoms with E-state index >= 15 is 0 Å². The molecule has 1 aromatic rings. The molecule has 0 aliphatic heterocycles. The Labute approximate surface area is 151 Å². The fraction of sp³-hybridized carbons (Fsp3) is 0.667. The van der Waals surface area contributed by atoms with E-state index in [2.05, 4.69) is 36.5 Å². The van der Waals surface area contributed by atoms with Gasteiger partial charge < -0.3 is 14.8 Å². The van der Waals surface area contributed by atoms with Crippen LogP contribution in [0.3, 0.4) is 0 Å². The summed E-state index contributed by atoms with van der Waals surface area (Å²) in [5.41, 5.74) is 2.70. The molecule has 2 aliphatic rings. The molecule has 4 nitrogen and oxygen atoms in total. The van der Waals surface area contributed by atoms with Crippen molar-refractivity contribution in [2.75, 3.05) is 20.3 Å². The number of nitrogens with one attached hydrogen (secondary N) is 1. The van der Waals surface area contributed by atoms with Gasteiger partial charge in [-0.3, -0.25) is 4.79 Å². The molecule has 0 saturated heterocycles. The van der Waals surface area contributed by atoms with E-state index in [4.69, 9.17) is 9.47 Å². The van der Waals surface area contributed by atoms with Crippen LogP contribution in [0.5, 0.6) is 0 Å². The largest absolute Gasteiger partial charge is 0.382 e. The Hall–Kier alpha value is -1.39. The zero-order valence-corrected chi connectivity index (χ0v) is 15.5. The summed E-state index contributed by atoms with van der Waals surface area (Å²) in [4.78, 5) is 12.8. The lowest BCUT2D eigenvalue weighted by molar-refractivity contribution is -0.128. The first kappa shape index (κ1) is 18.4. The maximum atomic E-state index is 12.8. The summed E-state index contributed by atoms with van der Waals surface area (Å²) >= 11 is 0. The molecule has 0 unspecified atom stereocenters. The SMILES string of the molecule is COCCOC1CCC(C(=O)N[C@H]2c3ccccc3CC[C@H]2C)CC1. The number of hydrogen-bond acceptors (Lipinski definition) is 3.